The lowest BCUT2D eigenvalue weighted by atomic mass is 10.3. The van der Waals surface area contributed by atoms with E-state index in [1.54, 1.807) is 12.3 Å². The van der Waals surface area contributed by atoms with Crippen molar-refractivity contribution in [1.29, 1.82) is 0 Å². The summed E-state index contributed by atoms with van der Waals surface area (Å²) in [4.78, 5) is 5.07. The summed E-state index contributed by atoms with van der Waals surface area (Å²) in [6.07, 6.45) is 4.46. The summed E-state index contributed by atoms with van der Waals surface area (Å²) in [5.41, 5.74) is 3.51. The fourth-order valence-electron chi connectivity index (χ4n) is 1.31. The van der Waals surface area contributed by atoms with Crippen molar-refractivity contribution in [3.63, 3.8) is 0 Å². The first kappa shape index (κ1) is 16.1. The lowest BCUT2D eigenvalue weighted by molar-refractivity contribution is 0.0846. The molecule has 1 aromatic rings. The molecule has 0 amide bonds. The van der Waals surface area contributed by atoms with E-state index in [1.165, 1.54) is 0 Å². The summed E-state index contributed by atoms with van der Waals surface area (Å²) >= 11 is 0. The lowest BCUT2D eigenvalue weighted by Gasteiger charge is -2.12. The van der Waals surface area contributed by atoms with Gasteiger partial charge in [-0.25, -0.2) is 0 Å². The average Bonchev–Trinajstić information content (AvgIpc) is 2.46. The zero-order valence-corrected chi connectivity index (χ0v) is 12.4. The van der Waals surface area contributed by atoms with E-state index in [-0.39, 0.29) is 6.10 Å². The smallest absolute Gasteiger partial charge is 0.126 e. The lowest BCUT2D eigenvalue weighted by Crippen LogP contribution is -2.12. The molecule has 1 rings (SSSR count). The highest BCUT2D eigenvalue weighted by Crippen LogP contribution is 2.19. The summed E-state index contributed by atoms with van der Waals surface area (Å²) in [6.45, 7) is 9.99. The summed E-state index contributed by atoms with van der Waals surface area (Å²) in [6, 6.07) is 7.52. The topological polar surface area (TPSA) is 39.7 Å². The van der Waals surface area contributed by atoms with E-state index in [0.29, 0.717) is 6.61 Å². The molecule has 0 aliphatic heterocycles. The highest BCUT2D eigenvalue weighted by atomic mass is 16.6. The molecule has 0 aromatic heterocycles. The van der Waals surface area contributed by atoms with Gasteiger partial charge in [-0.1, -0.05) is 13.0 Å². The minimum absolute atomic E-state index is 0.218. The quantitative estimate of drug-likeness (QED) is 0.322. The van der Waals surface area contributed by atoms with Crippen molar-refractivity contribution in [2.75, 3.05) is 6.61 Å². The molecule has 4 heteroatoms. The summed E-state index contributed by atoms with van der Waals surface area (Å²) in [7, 11) is 0. The van der Waals surface area contributed by atoms with E-state index in [1.807, 2.05) is 38.1 Å². The Labute approximate surface area is 121 Å². The highest BCUT2D eigenvalue weighted by molar-refractivity contribution is 5.31. The van der Waals surface area contributed by atoms with Gasteiger partial charge in [0.2, 0.25) is 0 Å². The van der Waals surface area contributed by atoms with Gasteiger partial charge in [-0.05, 0) is 44.5 Å². The normalized spacial score (nSPS) is 12.7. The molecule has 0 aliphatic rings. The van der Waals surface area contributed by atoms with Crippen LogP contribution in [0.3, 0.4) is 0 Å². The first-order valence-corrected chi connectivity index (χ1v) is 6.74. The fraction of sp³-hybridized carbons (Fsp3) is 0.375. The third-order valence-electron chi connectivity index (χ3n) is 2.54. The molecule has 0 aliphatic carbocycles. The molecule has 1 unspecified atom stereocenters. The van der Waals surface area contributed by atoms with Gasteiger partial charge >= 0.3 is 0 Å². The Morgan fingerprint density at radius 3 is 2.55 bits per heavy atom. The number of hydrogen-bond donors (Lipinski definition) is 1. The van der Waals surface area contributed by atoms with Crippen LogP contribution in [0.5, 0.6) is 11.5 Å². The maximum absolute atomic E-state index is 5.70. The largest absolute Gasteiger partial charge is 0.491 e. The van der Waals surface area contributed by atoms with Crippen LogP contribution in [0.1, 0.15) is 27.2 Å². The van der Waals surface area contributed by atoms with Crippen molar-refractivity contribution >= 4 is 0 Å². The van der Waals surface area contributed by atoms with E-state index in [0.717, 1.165) is 23.6 Å². The van der Waals surface area contributed by atoms with Crippen molar-refractivity contribution in [3.05, 3.63) is 48.9 Å². The molecule has 110 valence electrons. The number of hydroxylamine groups is 1. The van der Waals surface area contributed by atoms with Gasteiger partial charge in [0, 0.05) is 0 Å². The number of rotatable bonds is 9. The van der Waals surface area contributed by atoms with Crippen LogP contribution in [-0.2, 0) is 4.84 Å². The van der Waals surface area contributed by atoms with Crippen LogP contribution in [0.2, 0.25) is 0 Å². The molecule has 1 N–H and O–H groups in total. The number of hydrogen-bond acceptors (Lipinski definition) is 4. The van der Waals surface area contributed by atoms with Crippen molar-refractivity contribution < 1.29 is 14.3 Å². The Bertz CT molecular complexity index is 426. The Balaban J connectivity index is 2.44. The van der Waals surface area contributed by atoms with Gasteiger partial charge in [0.25, 0.3) is 0 Å². The second kappa shape index (κ2) is 9.04. The van der Waals surface area contributed by atoms with E-state index < -0.39 is 0 Å². The van der Waals surface area contributed by atoms with Crippen LogP contribution in [-0.4, -0.2) is 12.7 Å². The van der Waals surface area contributed by atoms with Crippen molar-refractivity contribution in [1.82, 2.24) is 5.48 Å². The minimum atomic E-state index is 0.218. The summed E-state index contributed by atoms with van der Waals surface area (Å²) in [5.74, 6) is 1.59. The van der Waals surface area contributed by atoms with Crippen LogP contribution in [0.25, 0.3) is 0 Å². The SMILES string of the molecule is C=CCONC(C)=COc1ccc(OC(C)CC)cc1. The maximum Gasteiger partial charge on any atom is 0.126 e. The maximum atomic E-state index is 5.70. The van der Waals surface area contributed by atoms with Gasteiger partial charge < -0.3 is 9.47 Å². The number of nitrogens with one attached hydrogen (secondary N) is 1. The van der Waals surface area contributed by atoms with Gasteiger partial charge in [0.15, 0.2) is 0 Å². The Morgan fingerprint density at radius 2 is 1.95 bits per heavy atom. The molecule has 1 aromatic carbocycles. The first-order valence-electron chi connectivity index (χ1n) is 6.74. The van der Waals surface area contributed by atoms with E-state index in [4.69, 9.17) is 14.3 Å². The van der Waals surface area contributed by atoms with Gasteiger partial charge in [-0.3, -0.25) is 10.3 Å². The van der Waals surface area contributed by atoms with Crippen LogP contribution in [0.15, 0.2) is 48.9 Å². The second-order valence-electron chi connectivity index (χ2n) is 4.43. The standard InChI is InChI=1S/C16H23NO3/c1-5-11-19-17-13(3)12-18-15-7-9-16(10-8-15)20-14(4)6-2/h5,7-10,12,14,17H,1,6,11H2,2-4H3. The number of allylic oxidation sites excluding steroid dienone is 1. The van der Waals surface area contributed by atoms with E-state index in [2.05, 4.69) is 19.0 Å². The molecule has 0 fully saturated rings. The van der Waals surface area contributed by atoms with Crippen LogP contribution in [0, 0.1) is 0 Å². The molecular weight excluding hydrogens is 254 g/mol. The van der Waals surface area contributed by atoms with Gasteiger partial charge in [0.1, 0.15) is 17.8 Å². The predicted octanol–water partition coefficient (Wildman–Crippen LogP) is 3.81. The zero-order valence-electron chi connectivity index (χ0n) is 12.4. The molecule has 0 saturated heterocycles. The molecule has 0 radical (unpaired) electrons. The van der Waals surface area contributed by atoms with Crippen molar-refractivity contribution in [2.24, 2.45) is 0 Å². The number of ether oxygens (including phenoxy) is 2. The molecule has 20 heavy (non-hydrogen) atoms. The second-order valence-corrected chi connectivity index (χ2v) is 4.43. The molecule has 0 saturated carbocycles. The third kappa shape index (κ3) is 6.29. The summed E-state index contributed by atoms with van der Waals surface area (Å²) in [5, 5.41) is 0. The molecule has 0 spiro atoms. The zero-order chi connectivity index (χ0) is 14.8. The molecule has 0 bridgehead atoms. The van der Waals surface area contributed by atoms with Gasteiger partial charge in [-0.2, -0.15) is 0 Å². The van der Waals surface area contributed by atoms with Gasteiger partial charge in [-0.15, -0.1) is 6.58 Å². The van der Waals surface area contributed by atoms with Crippen LogP contribution < -0.4 is 15.0 Å². The van der Waals surface area contributed by atoms with Crippen LogP contribution in [0.4, 0.5) is 0 Å². The highest BCUT2D eigenvalue weighted by Gasteiger charge is 2.01. The van der Waals surface area contributed by atoms with E-state index in [9.17, 15) is 0 Å². The fourth-order valence-corrected chi connectivity index (χ4v) is 1.31. The Hall–Kier alpha value is -1.94. The van der Waals surface area contributed by atoms with Crippen molar-refractivity contribution in [3.8, 4) is 11.5 Å². The monoisotopic (exact) mass is 277 g/mol. The molecule has 4 nitrogen and oxygen atoms in total. The van der Waals surface area contributed by atoms with Gasteiger partial charge in [0.05, 0.1) is 18.4 Å². The molecule has 1 atom stereocenters. The Morgan fingerprint density at radius 1 is 1.30 bits per heavy atom. The average molecular weight is 277 g/mol. The molecule has 0 heterocycles. The number of benzene rings is 1. The molecular formula is C16H23NO3. The third-order valence-corrected chi connectivity index (χ3v) is 2.54. The van der Waals surface area contributed by atoms with E-state index >= 15 is 0 Å². The summed E-state index contributed by atoms with van der Waals surface area (Å²) < 4.78 is 11.2. The first-order chi connectivity index (χ1) is 9.65. The predicted molar refractivity (Wildman–Crippen MR) is 80.5 cm³/mol. The minimum Gasteiger partial charge on any atom is -0.491 e. The van der Waals surface area contributed by atoms with Crippen molar-refractivity contribution in [2.45, 2.75) is 33.3 Å². The van der Waals surface area contributed by atoms with Crippen LogP contribution >= 0.6 is 0 Å². The Kier molecular flexibility index (Phi) is 7.29.